The first kappa shape index (κ1) is 9.38. The minimum absolute atomic E-state index is 0. The summed E-state index contributed by atoms with van der Waals surface area (Å²) in [4.78, 5) is 0. The van der Waals surface area contributed by atoms with Crippen LogP contribution in [0.4, 0.5) is 10.7 Å². The molecular formula is CoF3Ti. The molecule has 0 aliphatic carbocycles. The summed E-state index contributed by atoms with van der Waals surface area (Å²) in [6.45, 7) is 0. The Morgan fingerprint density at radius 2 is 1.00 bits per heavy atom. The minimum Gasteiger partial charge on any atom is 0 e. The van der Waals surface area contributed by atoms with Crippen LogP contribution in [-0.2, 0) is 36.7 Å². The van der Waals surface area contributed by atoms with Crippen LogP contribution < -0.4 is 0 Å². The van der Waals surface area contributed by atoms with Crippen molar-refractivity contribution in [2.45, 2.75) is 0 Å². The van der Waals surface area contributed by atoms with Crippen LogP contribution in [-0.4, -0.2) is 0 Å². The molecule has 0 saturated carbocycles. The molecule has 0 aromatic heterocycles. The van der Waals surface area contributed by atoms with E-state index in [2.05, 4.69) is 0 Å². The van der Waals surface area contributed by atoms with Gasteiger partial charge in [0.25, 0.3) is 0 Å². The molecule has 0 radical (unpaired) electrons. The summed E-state index contributed by atoms with van der Waals surface area (Å²) in [5, 5.41) is 0. The van der Waals surface area contributed by atoms with Crippen molar-refractivity contribution in [2.24, 2.45) is 0 Å². The van der Waals surface area contributed by atoms with Gasteiger partial charge in [-0.15, -0.1) is 0 Å². The van der Waals surface area contributed by atoms with E-state index in [1.807, 2.05) is 0 Å². The number of hydrogen-bond donors (Lipinski definition) is 0. The zero-order chi connectivity index (χ0) is 3.58. The second-order valence-electron chi connectivity index (χ2n) is 0.143. The zero-order valence-electron chi connectivity index (χ0n) is 1.97. The van der Waals surface area contributed by atoms with Gasteiger partial charge in [-0.3, -0.25) is 0 Å². The predicted octanol–water partition coefficient (Wildman–Crippen LogP) is 1.26. The molecule has 0 aromatic carbocycles. The molecule has 0 N–H and O–H groups in total. The van der Waals surface area contributed by atoms with Gasteiger partial charge in [-0.25, -0.2) is 0 Å². The van der Waals surface area contributed by atoms with E-state index in [9.17, 15) is 10.7 Å². The van der Waals surface area contributed by atoms with Crippen molar-refractivity contribution < 1.29 is 47.5 Å². The van der Waals surface area contributed by atoms with Gasteiger partial charge < -0.3 is 0 Å². The van der Waals surface area contributed by atoms with Gasteiger partial charge in [-0.2, -0.15) is 0 Å². The van der Waals surface area contributed by atoms with Crippen LogP contribution in [0.5, 0.6) is 0 Å². The van der Waals surface area contributed by atoms with Crippen molar-refractivity contribution in [1.82, 2.24) is 0 Å². The Morgan fingerprint density at radius 1 is 1.00 bits per heavy atom. The summed E-state index contributed by atoms with van der Waals surface area (Å²) in [7, 11) is 0. The molecule has 0 saturated heterocycles. The maximum Gasteiger partial charge on any atom is 0 e. The summed E-state index contributed by atoms with van der Waals surface area (Å²) in [5.74, 6) is 0. The van der Waals surface area contributed by atoms with Crippen LogP contribution >= 0.6 is 0 Å². The standard InChI is InChI=1S/Co.3FH.Ti/h;3*1H;/q+3;;;;/p-3. The van der Waals surface area contributed by atoms with Crippen molar-refractivity contribution >= 4 is 0 Å². The van der Waals surface area contributed by atoms with Gasteiger partial charge in [0.15, 0.2) is 0 Å². The molecule has 0 unspecified atom stereocenters. The molecule has 0 spiro atoms. The number of halogens is 3. The van der Waals surface area contributed by atoms with Crippen molar-refractivity contribution in [3.8, 4) is 0 Å². The van der Waals surface area contributed by atoms with Crippen molar-refractivity contribution in [3.63, 3.8) is 0 Å². The van der Waals surface area contributed by atoms with Crippen molar-refractivity contribution in [2.75, 3.05) is 0 Å². The summed E-state index contributed by atoms with van der Waals surface area (Å²) >= 11 is -4.10. The minimum atomic E-state index is -4.10. The van der Waals surface area contributed by atoms with Crippen LogP contribution in [0.1, 0.15) is 0 Å². The summed E-state index contributed by atoms with van der Waals surface area (Å²) in [6, 6.07) is 0. The fraction of sp³-hybridized carbons (Fsp3) is 0. The van der Waals surface area contributed by atoms with Gasteiger partial charge in [0.2, 0.25) is 0 Å². The van der Waals surface area contributed by atoms with E-state index in [1.165, 1.54) is 0 Å². The normalized spacial score (nSPS) is 9.00. The fourth-order valence-electron chi connectivity index (χ4n) is 0. The Hall–Kier alpha value is 1.01. The van der Waals surface area contributed by atoms with Crippen LogP contribution in [0, 0.1) is 0 Å². The van der Waals surface area contributed by atoms with Gasteiger partial charge in [0.05, 0.1) is 0 Å². The monoisotopic (exact) mass is 164 g/mol. The van der Waals surface area contributed by atoms with Crippen LogP contribution in [0.2, 0.25) is 0 Å². The second-order valence-corrected chi connectivity index (χ2v) is 0.589. The molecule has 0 aliphatic heterocycles. The Bertz CT molecular complexity index is 11.6. The predicted molar refractivity (Wildman–Crippen MR) is 3.32 cm³/mol. The third-order valence-corrected chi connectivity index (χ3v) is 0. The number of rotatable bonds is 0. The van der Waals surface area contributed by atoms with Crippen LogP contribution in [0.15, 0.2) is 0 Å². The summed E-state index contributed by atoms with van der Waals surface area (Å²) in [6.07, 6.45) is 0. The summed E-state index contributed by atoms with van der Waals surface area (Å²) in [5.41, 5.74) is 0. The molecule has 0 atom stereocenters. The van der Waals surface area contributed by atoms with Crippen LogP contribution in [0.3, 0.4) is 0 Å². The molecule has 5 heteroatoms. The van der Waals surface area contributed by atoms with E-state index in [1.54, 1.807) is 0 Å². The van der Waals surface area contributed by atoms with Crippen LogP contribution in [0.25, 0.3) is 0 Å². The first-order valence-electron chi connectivity index (χ1n) is 0.378. The van der Waals surface area contributed by atoms with Gasteiger partial charge >= 0.3 is 25.7 Å². The smallest absolute Gasteiger partial charge is 0 e. The molecule has 0 nitrogen and oxygen atoms in total. The molecule has 34 valence electrons. The Morgan fingerprint density at radius 3 is 1.00 bits per heavy atom. The molecule has 0 aliphatic rings. The van der Waals surface area contributed by atoms with E-state index in [0.717, 1.165) is 0 Å². The molecule has 5 heavy (non-hydrogen) atoms. The largest absolute Gasteiger partial charge is 0 e. The van der Waals surface area contributed by atoms with E-state index in [0.29, 0.717) is 0 Å². The van der Waals surface area contributed by atoms with Crippen molar-refractivity contribution in [1.29, 1.82) is 0 Å². The molecule has 0 amide bonds. The first-order valence-corrected chi connectivity index (χ1v) is 1.56. The maximum atomic E-state index is 9.73. The van der Waals surface area contributed by atoms with Crippen molar-refractivity contribution in [3.05, 3.63) is 0 Å². The van der Waals surface area contributed by atoms with Gasteiger partial charge in [-0.1, -0.05) is 0 Å². The Balaban J connectivity index is 0. The number of hydrogen-bond acceptors (Lipinski definition) is 0. The fourth-order valence-corrected chi connectivity index (χ4v) is 0. The third kappa shape index (κ3) is 44.5. The molecular weight excluding hydrogens is 164 g/mol. The van der Waals surface area contributed by atoms with E-state index < -0.39 is 15.0 Å². The third-order valence-electron chi connectivity index (χ3n) is 0. The van der Waals surface area contributed by atoms with Gasteiger partial charge in [-0.05, 0) is 0 Å². The molecule has 0 rings (SSSR count). The van der Waals surface area contributed by atoms with E-state index in [4.69, 9.17) is 0 Å². The molecule has 0 fully saturated rings. The average Bonchev–Trinajstić information content (AvgIpc) is 0.811. The van der Waals surface area contributed by atoms with E-state index in [-0.39, 0.29) is 21.7 Å². The average molecular weight is 164 g/mol. The van der Waals surface area contributed by atoms with Gasteiger partial charge in [0, 0.05) is 21.7 Å². The van der Waals surface area contributed by atoms with E-state index >= 15 is 0 Å². The zero-order valence-corrected chi connectivity index (χ0v) is 4.57. The first-order chi connectivity index (χ1) is 1.73. The van der Waals surface area contributed by atoms with Gasteiger partial charge in [0.1, 0.15) is 0 Å². The summed E-state index contributed by atoms with van der Waals surface area (Å²) < 4.78 is 29.2. The SMILES string of the molecule is [F][Co]([F])[F].[Ti]. The topological polar surface area (TPSA) is 0 Å². The second kappa shape index (κ2) is 5.01. The maximum absolute atomic E-state index is 9.73. The molecule has 0 heterocycles. The quantitative estimate of drug-likeness (QED) is 0.472. The molecule has 0 bridgehead atoms. The Kier molecular flexibility index (Phi) is 9.40. The molecule has 0 aromatic rings. The Labute approximate surface area is 47.7 Å².